The molecule has 0 aromatic heterocycles. The van der Waals surface area contributed by atoms with Gasteiger partial charge in [0.2, 0.25) is 10.0 Å². The Balaban J connectivity index is 3.40. The highest BCUT2D eigenvalue weighted by atomic mass is 35.5. The van der Waals surface area contributed by atoms with Crippen LogP contribution in [0.5, 0.6) is 0 Å². The molecular formula is C12H16Cl2N2O3S. The molecule has 3 N–H and O–H groups in total. The maximum atomic E-state index is 12.5. The summed E-state index contributed by atoms with van der Waals surface area (Å²) in [6.07, 6.45) is 1.43. The predicted octanol–water partition coefficient (Wildman–Crippen LogP) is 1.62. The summed E-state index contributed by atoms with van der Waals surface area (Å²) in [6, 6.07) is 2.79. The highest BCUT2D eigenvalue weighted by Gasteiger charge is 2.27. The quantitative estimate of drug-likeness (QED) is 0.740. The molecule has 1 aromatic rings. The van der Waals surface area contributed by atoms with Crippen LogP contribution in [0.4, 0.5) is 0 Å². The van der Waals surface area contributed by atoms with Crippen LogP contribution in [0, 0.1) is 0 Å². The molecule has 20 heavy (non-hydrogen) atoms. The van der Waals surface area contributed by atoms with Crippen molar-refractivity contribution in [3.05, 3.63) is 40.4 Å². The highest BCUT2D eigenvalue weighted by Crippen LogP contribution is 2.31. The Morgan fingerprint density at radius 2 is 2.05 bits per heavy atom. The normalized spacial score (nSPS) is 11.8. The second-order valence-corrected chi connectivity index (χ2v) is 6.68. The topological polar surface area (TPSA) is 83.6 Å². The molecule has 0 saturated carbocycles. The molecule has 0 aliphatic carbocycles. The van der Waals surface area contributed by atoms with Crippen molar-refractivity contribution in [3.8, 4) is 0 Å². The minimum atomic E-state index is -3.88. The molecule has 1 rings (SSSR count). The van der Waals surface area contributed by atoms with Crippen molar-refractivity contribution in [2.45, 2.75) is 11.4 Å². The van der Waals surface area contributed by atoms with Crippen molar-refractivity contribution in [1.82, 2.24) is 4.31 Å². The van der Waals surface area contributed by atoms with E-state index in [1.165, 1.54) is 18.2 Å². The van der Waals surface area contributed by atoms with Crippen molar-refractivity contribution in [2.24, 2.45) is 5.73 Å². The van der Waals surface area contributed by atoms with Gasteiger partial charge in [-0.25, -0.2) is 8.42 Å². The minimum Gasteiger partial charge on any atom is -0.395 e. The highest BCUT2D eigenvalue weighted by molar-refractivity contribution is 7.89. The van der Waals surface area contributed by atoms with E-state index in [2.05, 4.69) is 6.58 Å². The van der Waals surface area contributed by atoms with Gasteiger partial charge in [-0.05, 0) is 17.7 Å². The first-order chi connectivity index (χ1) is 9.38. The number of nitrogens with zero attached hydrogens (tertiary/aromatic N) is 1. The molecular weight excluding hydrogens is 323 g/mol. The van der Waals surface area contributed by atoms with Crippen molar-refractivity contribution < 1.29 is 13.5 Å². The summed E-state index contributed by atoms with van der Waals surface area (Å²) in [5.41, 5.74) is 5.96. The van der Waals surface area contributed by atoms with Crippen LogP contribution in [0.1, 0.15) is 5.56 Å². The zero-order valence-electron chi connectivity index (χ0n) is 10.7. The van der Waals surface area contributed by atoms with Crippen LogP contribution in [-0.4, -0.2) is 37.5 Å². The van der Waals surface area contributed by atoms with E-state index in [4.69, 9.17) is 34.0 Å². The van der Waals surface area contributed by atoms with Crippen molar-refractivity contribution in [2.75, 3.05) is 19.7 Å². The van der Waals surface area contributed by atoms with Crippen LogP contribution in [0.25, 0.3) is 0 Å². The van der Waals surface area contributed by atoms with Gasteiger partial charge in [0, 0.05) is 24.7 Å². The number of hydrogen-bond acceptors (Lipinski definition) is 4. The van der Waals surface area contributed by atoms with Gasteiger partial charge in [0.25, 0.3) is 0 Å². The van der Waals surface area contributed by atoms with E-state index in [0.717, 1.165) is 4.31 Å². The second kappa shape index (κ2) is 7.40. The molecule has 0 fully saturated rings. The van der Waals surface area contributed by atoms with E-state index in [9.17, 15) is 8.42 Å². The third-order valence-electron chi connectivity index (χ3n) is 2.60. The smallest absolute Gasteiger partial charge is 0.244 e. The summed E-state index contributed by atoms with van der Waals surface area (Å²) in [5, 5.41) is 9.26. The fraction of sp³-hybridized carbons (Fsp3) is 0.333. The number of nitrogens with two attached hydrogens (primary N) is 1. The predicted molar refractivity (Wildman–Crippen MR) is 80.4 cm³/mol. The summed E-state index contributed by atoms with van der Waals surface area (Å²) < 4.78 is 26.1. The lowest BCUT2D eigenvalue weighted by Crippen LogP contribution is -2.34. The van der Waals surface area contributed by atoms with Gasteiger partial charge in [0.1, 0.15) is 4.90 Å². The van der Waals surface area contributed by atoms with Crippen LogP contribution >= 0.6 is 23.2 Å². The zero-order chi connectivity index (χ0) is 15.3. The van der Waals surface area contributed by atoms with E-state index >= 15 is 0 Å². The monoisotopic (exact) mass is 338 g/mol. The number of aliphatic hydroxyl groups excluding tert-OH is 1. The van der Waals surface area contributed by atoms with Crippen LogP contribution in [-0.2, 0) is 16.6 Å². The molecule has 0 spiro atoms. The fourth-order valence-electron chi connectivity index (χ4n) is 1.66. The van der Waals surface area contributed by atoms with Gasteiger partial charge >= 0.3 is 0 Å². The molecule has 0 amide bonds. The molecule has 0 radical (unpaired) electrons. The third-order valence-corrected chi connectivity index (χ3v) is 5.27. The number of rotatable bonds is 7. The Morgan fingerprint density at radius 3 is 2.55 bits per heavy atom. The summed E-state index contributed by atoms with van der Waals surface area (Å²) in [6.45, 7) is 3.26. The van der Waals surface area contributed by atoms with E-state index in [1.807, 2.05) is 0 Å². The minimum absolute atomic E-state index is 0.0453. The molecule has 5 nitrogen and oxygen atoms in total. The largest absolute Gasteiger partial charge is 0.395 e. The first-order valence-electron chi connectivity index (χ1n) is 5.78. The molecule has 8 heteroatoms. The Kier molecular flexibility index (Phi) is 6.44. The van der Waals surface area contributed by atoms with Crippen LogP contribution < -0.4 is 5.73 Å². The maximum Gasteiger partial charge on any atom is 0.244 e. The SMILES string of the molecule is C=CCN(CCO)S(=O)(=O)c1cc(Cl)cc(CN)c1Cl. The Hall–Kier alpha value is -0.630. The van der Waals surface area contributed by atoms with Gasteiger partial charge < -0.3 is 10.8 Å². The second-order valence-electron chi connectivity index (χ2n) is 3.96. The molecule has 0 atom stereocenters. The van der Waals surface area contributed by atoms with Crippen molar-refractivity contribution in [1.29, 1.82) is 0 Å². The first-order valence-corrected chi connectivity index (χ1v) is 7.98. The summed E-state index contributed by atoms with van der Waals surface area (Å²) in [5.74, 6) is 0. The van der Waals surface area contributed by atoms with E-state index in [0.29, 0.717) is 5.56 Å². The Bertz CT molecular complexity index is 591. The van der Waals surface area contributed by atoms with Crippen LogP contribution in [0.15, 0.2) is 29.7 Å². The van der Waals surface area contributed by atoms with Crippen LogP contribution in [0.3, 0.4) is 0 Å². The lowest BCUT2D eigenvalue weighted by Gasteiger charge is -2.21. The summed E-state index contributed by atoms with van der Waals surface area (Å²) in [4.78, 5) is -0.123. The van der Waals surface area contributed by atoms with E-state index in [1.54, 1.807) is 0 Å². The number of halogens is 2. The van der Waals surface area contributed by atoms with Crippen molar-refractivity contribution >= 4 is 33.2 Å². The molecule has 0 heterocycles. The maximum absolute atomic E-state index is 12.5. The van der Waals surface area contributed by atoms with Crippen molar-refractivity contribution in [3.63, 3.8) is 0 Å². The van der Waals surface area contributed by atoms with Gasteiger partial charge in [-0.2, -0.15) is 4.31 Å². The van der Waals surface area contributed by atoms with Gasteiger partial charge in [0.05, 0.1) is 11.6 Å². The zero-order valence-corrected chi connectivity index (χ0v) is 13.0. The lowest BCUT2D eigenvalue weighted by atomic mass is 10.2. The first kappa shape index (κ1) is 17.4. The average Bonchev–Trinajstić information content (AvgIpc) is 2.40. The number of aliphatic hydroxyl groups is 1. The Labute approximate surface area is 128 Å². The average molecular weight is 339 g/mol. The molecule has 0 bridgehead atoms. The fourth-order valence-corrected chi connectivity index (χ4v) is 3.98. The summed E-state index contributed by atoms with van der Waals surface area (Å²) >= 11 is 12.0. The number of benzene rings is 1. The van der Waals surface area contributed by atoms with Gasteiger partial charge in [-0.1, -0.05) is 29.3 Å². The molecule has 0 aliphatic heterocycles. The Morgan fingerprint density at radius 1 is 1.40 bits per heavy atom. The van der Waals surface area contributed by atoms with Crippen LogP contribution in [0.2, 0.25) is 10.0 Å². The molecule has 0 unspecified atom stereocenters. The number of hydrogen-bond donors (Lipinski definition) is 2. The van der Waals surface area contributed by atoms with E-state index in [-0.39, 0.29) is 41.2 Å². The van der Waals surface area contributed by atoms with Gasteiger partial charge in [-0.3, -0.25) is 0 Å². The van der Waals surface area contributed by atoms with E-state index < -0.39 is 10.0 Å². The molecule has 0 saturated heterocycles. The molecule has 112 valence electrons. The third kappa shape index (κ3) is 3.72. The van der Waals surface area contributed by atoms with Gasteiger partial charge in [0.15, 0.2) is 0 Å². The molecule has 1 aromatic carbocycles. The lowest BCUT2D eigenvalue weighted by molar-refractivity contribution is 0.260. The molecule has 0 aliphatic rings. The summed E-state index contributed by atoms with van der Waals surface area (Å²) in [7, 11) is -3.88. The van der Waals surface area contributed by atoms with Gasteiger partial charge in [-0.15, -0.1) is 6.58 Å². The standard InChI is InChI=1S/C12H16Cl2N2O3S/c1-2-3-16(4-5-17)20(18,19)11-7-10(13)6-9(8-15)12(11)14/h2,6-7,17H,1,3-5,8,15H2. The number of sulfonamides is 1.